The Morgan fingerprint density at radius 3 is 3.06 bits per heavy atom. The molecule has 0 bridgehead atoms. The molecule has 2 heterocycles. The van der Waals surface area contributed by atoms with Crippen LogP contribution in [0.3, 0.4) is 0 Å². The van der Waals surface area contributed by atoms with E-state index in [2.05, 4.69) is 12.1 Å². The van der Waals surface area contributed by atoms with Crippen LogP contribution in [0.4, 0.5) is 0 Å². The molecule has 1 amide bonds. The lowest BCUT2D eigenvalue weighted by molar-refractivity contribution is 0.0531. The Kier molecular flexibility index (Phi) is 3.47. The van der Waals surface area contributed by atoms with E-state index in [0.717, 1.165) is 19.4 Å². The van der Waals surface area contributed by atoms with Gasteiger partial charge in [-0.05, 0) is 25.7 Å². The first-order valence-electron chi connectivity index (χ1n) is 6.07. The number of piperidine rings is 1. The Bertz CT molecular complexity index is 402. The third-order valence-corrected chi connectivity index (χ3v) is 3.60. The van der Waals surface area contributed by atoms with Crippen molar-refractivity contribution in [2.45, 2.75) is 32.7 Å². The zero-order valence-corrected chi connectivity index (χ0v) is 10.3. The SMILES string of the molecule is Cc1oncc1C(=O)N1CCCC(C)C1CN. The van der Waals surface area contributed by atoms with E-state index in [1.807, 2.05) is 4.90 Å². The smallest absolute Gasteiger partial charge is 0.259 e. The minimum Gasteiger partial charge on any atom is -0.361 e. The normalized spacial score (nSPS) is 25.0. The molecule has 1 saturated heterocycles. The number of aromatic nitrogens is 1. The molecule has 1 aromatic heterocycles. The molecule has 0 spiro atoms. The van der Waals surface area contributed by atoms with Crippen LogP contribution in [-0.4, -0.2) is 35.1 Å². The number of carbonyl (C=O) groups excluding carboxylic acids is 1. The summed E-state index contributed by atoms with van der Waals surface area (Å²) in [6.07, 6.45) is 3.66. The summed E-state index contributed by atoms with van der Waals surface area (Å²) in [6, 6.07) is 0.130. The number of nitrogens with zero attached hydrogens (tertiary/aromatic N) is 2. The van der Waals surface area contributed by atoms with E-state index in [-0.39, 0.29) is 11.9 Å². The van der Waals surface area contributed by atoms with Crippen LogP contribution in [0.5, 0.6) is 0 Å². The van der Waals surface area contributed by atoms with Crippen LogP contribution in [0.2, 0.25) is 0 Å². The highest BCUT2D eigenvalue weighted by molar-refractivity contribution is 5.95. The molecular weight excluding hydrogens is 218 g/mol. The summed E-state index contributed by atoms with van der Waals surface area (Å²) in [5.74, 6) is 1.02. The molecule has 0 radical (unpaired) electrons. The molecule has 17 heavy (non-hydrogen) atoms. The van der Waals surface area contributed by atoms with E-state index in [4.69, 9.17) is 10.3 Å². The highest BCUT2D eigenvalue weighted by Gasteiger charge is 2.32. The molecule has 1 fully saturated rings. The predicted molar refractivity (Wildman–Crippen MR) is 63.5 cm³/mol. The van der Waals surface area contributed by atoms with Crippen molar-refractivity contribution in [2.24, 2.45) is 11.7 Å². The standard InChI is InChI=1S/C12H19N3O2/c1-8-4-3-5-15(11(8)6-13)12(16)10-7-14-17-9(10)2/h7-8,11H,3-6,13H2,1-2H3. The van der Waals surface area contributed by atoms with Crippen molar-refractivity contribution in [3.63, 3.8) is 0 Å². The number of rotatable bonds is 2. The van der Waals surface area contributed by atoms with Crippen molar-refractivity contribution in [1.29, 1.82) is 0 Å². The van der Waals surface area contributed by atoms with Crippen LogP contribution in [0.25, 0.3) is 0 Å². The van der Waals surface area contributed by atoms with Crippen LogP contribution in [0.15, 0.2) is 10.7 Å². The first-order chi connectivity index (χ1) is 8.15. The molecular formula is C12H19N3O2. The van der Waals surface area contributed by atoms with Crippen LogP contribution < -0.4 is 5.73 Å². The largest absolute Gasteiger partial charge is 0.361 e. The molecule has 2 N–H and O–H groups in total. The maximum atomic E-state index is 12.4. The monoisotopic (exact) mass is 237 g/mol. The van der Waals surface area contributed by atoms with Crippen molar-refractivity contribution >= 4 is 5.91 Å². The van der Waals surface area contributed by atoms with Gasteiger partial charge in [0.15, 0.2) is 0 Å². The molecule has 5 nitrogen and oxygen atoms in total. The molecule has 2 unspecified atom stereocenters. The quantitative estimate of drug-likeness (QED) is 0.838. The van der Waals surface area contributed by atoms with Gasteiger partial charge in [0.1, 0.15) is 11.3 Å². The Morgan fingerprint density at radius 1 is 1.71 bits per heavy atom. The number of carbonyl (C=O) groups is 1. The summed E-state index contributed by atoms with van der Waals surface area (Å²) in [5, 5.41) is 3.65. The molecule has 1 aliphatic rings. The Hall–Kier alpha value is -1.36. The van der Waals surface area contributed by atoms with Crippen molar-refractivity contribution in [3.05, 3.63) is 17.5 Å². The van der Waals surface area contributed by atoms with E-state index < -0.39 is 0 Å². The van der Waals surface area contributed by atoms with E-state index in [1.165, 1.54) is 6.20 Å². The van der Waals surface area contributed by atoms with Gasteiger partial charge in [-0.3, -0.25) is 4.79 Å². The van der Waals surface area contributed by atoms with Gasteiger partial charge in [0.2, 0.25) is 0 Å². The van der Waals surface area contributed by atoms with Crippen molar-refractivity contribution < 1.29 is 9.32 Å². The average molecular weight is 237 g/mol. The van der Waals surface area contributed by atoms with Gasteiger partial charge in [-0.25, -0.2) is 0 Å². The molecule has 2 rings (SSSR count). The lowest BCUT2D eigenvalue weighted by atomic mass is 9.90. The number of hydrogen-bond acceptors (Lipinski definition) is 4. The third kappa shape index (κ3) is 2.20. The second-order valence-corrected chi connectivity index (χ2v) is 4.72. The van der Waals surface area contributed by atoms with E-state index in [1.54, 1.807) is 6.92 Å². The topological polar surface area (TPSA) is 72.4 Å². The molecule has 1 aliphatic heterocycles. The first kappa shape index (κ1) is 12.1. The van der Waals surface area contributed by atoms with Crippen molar-refractivity contribution in [3.8, 4) is 0 Å². The zero-order chi connectivity index (χ0) is 12.4. The van der Waals surface area contributed by atoms with Gasteiger partial charge in [-0.1, -0.05) is 12.1 Å². The zero-order valence-electron chi connectivity index (χ0n) is 10.3. The predicted octanol–water partition coefficient (Wildman–Crippen LogP) is 1.18. The lowest BCUT2D eigenvalue weighted by Gasteiger charge is -2.39. The molecule has 1 aromatic rings. The van der Waals surface area contributed by atoms with Gasteiger partial charge in [0.05, 0.1) is 6.20 Å². The highest BCUT2D eigenvalue weighted by Crippen LogP contribution is 2.24. The summed E-state index contributed by atoms with van der Waals surface area (Å²) in [4.78, 5) is 14.2. The van der Waals surface area contributed by atoms with Crippen molar-refractivity contribution in [1.82, 2.24) is 10.1 Å². The van der Waals surface area contributed by atoms with E-state index in [9.17, 15) is 4.79 Å². The van der Waals surface area contributed by atoms with Gasteiger partial charge < -0.3 is 15.2 Å². The summed E-state index contributed by atoms with van der Waals surface area (Å²) < 4.78 is 4.94. The van der Waals surface area contributed by atoms with Gasteiger partial charge in [0.25, 0.3) is 5.91 Å². The summed E-state index contributed by atoms with van der Waals surface area (Å²) in [5.41, 5.74) is 6.33. The fourth-order valence-corrected chi connectivity index (χ4v) is 2.52. The van der Waals surface area contributed by atoms with Crippen LogP contribution in [0.1, 0.15) is 35.9 Å². The number of nitrogens with two attached hydrogens (primary N) is 1. The first-order valence-corrected chi connectivity index (χ1v) is 6.07. The fourth-order valence-electron chi connectivity index (χ4n) is 2.52. The summed E-state index contributed by atoms with van der Waals surface area (Å²) >= 11 is 0. The van der Waals surface area contributed by atoms with Crippen LogP contribution in [0, 0.1) is 12.8 Å². The van der Waals surface area contributed by atoms with Gasteiger partial charge in [-0.15, -0.1) is 0 Å². The molecule has 5 heteroatoms. The lowest BCUT2D eigenvalue weighted by Crippen LogP contribution is -2.51. The number of aryl methyl sites for hydroxylation is 1. The minimum atomic E-state index is -0.00856. The molecule has 0 saturated carbocycles. The molecule has 0 aromatic carbocycles. The van der Waals surface area contributed by atoms with Crippen molar-refractivity contribution in [2.75, 3.05) is 13.1 Å². The number of likely N-dealkylation sites (tertiary alicyclic amines) is 1. The Balaban J connectivity index is 2.21. The van der Waals surface area contributed by atoms with Crippen LogP contribution >= 0.6 is 0 Å². The average Bonchev–Trinajstić information content (AvgIpc) is 2.74. The molecule has 0 aliphatic carbocycles. The number of hydrogen-bond donors (Lipinski definition) is 1. The minimum absolute atomic E-state index is 0.00856. The summed E-state index contributed by atoms with van der Waals surface area (Å²) in [7, 11) is 0. The second kappa shape index (κ2) is 4.87. The molecule has 94 valence electrons. The highest BCUT2D eigenvalue weighted by atomic mass is 16.5. The van der Waals surface area contributed by atoms with E-state index >= 15 is 0 Å². The maximum Gasteiger partial charge on any atom is 0.259 e. The summed E-state index contributed by atoms with van der Waals surface area (Å²) in [6.45, 7) is 5.19. The second-order valence-electron chi connectivity index (χ2n) is 4.72. The Labute approximate surface area is 101 Å². The van der Waals surface area contributed by atoms with E-state index in [0.29, 0.717) is 23.8 Å². The third-order valence-electron chi connectivity index (χ3n) is 3.60. The molecule has 2 atom stereocenters. The van der Waals surface area contributed by atoms with Gasteiger partial charge >= 0.3 is 0 Å². The van der Waals surface area contributed by atoms with Gasteiger partial charge in [0, 0.05) is 19.1 Å². The van der Waals surface area contributed by atoms with Crippen LogP contribution in [-0.2, 0) is 0 Å². The Morgan fingerprint density at radius 2 is 2.47 bits per heavy atom. The maximum absolute atomic E-state index is 12.4. The fraction of sp³-hybridized carbons (Fsp3) is 0.667. The number of amides is 1. The van der Waals surface area contributed by atoms with Gasteiger partial charge in [-0.2, -0.15) is 0 Å².